The molecule has 21 heavy (non-hydrogen) atoms. The Hall–Kier alpha value is -1.85. The van der Waals surface area contributed by atoms with Crippen molar-refractivity contribution in [1.29, 1.82) is 0 Å². The van der Waals surface area contributed by atoms with Gasteiger partial charge in [-0.15, -0.1) is 0 Å². The number of aliphatic hydroxyl groups is 1. The van der Waals surface area contributed by atoms with Gasteiger partial charge in [0.05, 0.1) is 11.8 Å². The molecule has 1 unspecified atom stereocenters. The quantitative estimate of drug-likeness (QED) is 0.861. The van der Waals surface area contributed by atoms with Gasteiger partial charge in [0.15, 0.2) is 5.69 Å². The molecule has 1 amide bonds. The van der Waals surface area contributed by atoms with E-state index in [1.165, 1.54) is 0 Å². The van der Waals surface area contributed by atoms with Gasteiger partial charge in [0, 0.05) is 17.8 Å². The molecule has 2 N–H and O–H groups in total. The Kier molecular flexibility index (Phi) is 5.36. The number of nitrogens with one attached hydrogen (secondary N) is 1. The molecule has 0 aliphatic rings. The van der Waals surface area contributed by atoms with Crippen LogP contribution < -0.4 is 5.32 Å². The summed E-state index contributed by atoms with van der Waals surface area (Å²) in [6.07, 6.45) is 2.55. The number of hydrogen-bond acceptors (Lipinski definition) is 3. The van der Waals surface area contributed by atoms with Gasteiger partial charge in [-0.05, 0) is 37.1 Å². The molecule has 6 heteroatoms. The molecule has 0 bridgehead atoms. The molecule has 1 heterocycles. The minimum atomic E-state index is -0.380. The smallest absolute Gasteiger partial charge is 0.271 e. The lowest BCUT2D eigenvalue weighted by Crippen LogP contribution is -2.27. The number of halogens is 1. The van der Waals surface area contributed by atoms with Crippen molar-refractivity contribution in [3.05, 3.63) is 47.2 Å². The lowest BCUT2D eigenvalue weighted by atomic mass is 10.2. The number of aromatic nitrogens is 2. The van der Waals surface area contributed by atoms with E-state index in [9.17, 15) is 9.90 Å². The van der Waals surface area contributed by atoms with E-state index >= 15 is 0 Å². The Bertz CT molecular complexity index is 612. The predicted octanol–water partition coefficient (Wildman–Crippen LogP) is 2.42. The number of aliphatic hydroxyl groups excluding tert-OH is 1. The third kappa shape index (κ3) is 4.31. The average molecular weight is 308 g/mol. The number of hydrogen-bond donors (Lipinski definition) is 2. The molecule has 0 saturated heterocycles. The van der Waals surface area contributed by atoms with Crippen LogP contribution in [0.5, 0.6) is 0 Å². The van der Waals surface area contributed by atoms with Crippen molar-refractivity contribution < 1.29 is 9.90 Å². The van der Waals surface area contributed by atoms with Crippen molar-refractivity contribution in [2.45, 2.75) is 25.9 Å². The Morgan fingerprint density at radius 2 is 2.29 bits per heavy atom. The van der Waals surface area contributed by atoms with Crippen LogP contribution >= 0.6 is 11.6 Å². The fraction of sp³-hybridized carbons (Fsp3) is 0.333. The minimum absolute atomic E-state index is 0.251. The highest BCUT2D eigenvalue weighted by Crippen LogP contribution is 2.14. The first kappa shape index (κ1) is 15.5. The number of benzene rings is 1. The summed E-state index contributed by atoms with van der Waals surface area (Å²) in [5, 5.41) is 17.0. The second kappa shape index (κ2) is 7.24. The van der Waals surface area contributed by atoms with Crippen LogP contribution in [0.4, 0.5) is 0 Å². The van der Waals surface area contributed by atoms with E-state index in [4.69, 9.17) is 11.6 Å². The summed E-state index contributed by atoms with van der Waals surface area (Å²) in [7, 11) is 0. The highest BCUT2D eigenvalue weighted by Gasteiger charge is 2.10. The molecule has 1 atom stereocenters. The monoisotopic (exact) mass is 307 g/mol. The molecular weight excluding hydrogens is 290 g/mol. The summed E-state index contributed by atoms with van der Waals surface area (Å²) >= 11 is 5.93. The van der Waals surface area contributed by atoms with E-state index in [0.29, 0.717) is 30.1 Å². The summed E-state index contributed by atoms with van der Waals surface area (Å²) in [5.41, 5.74) is 1.13. The molecule has 0 aliphatic carbocycles. The zero-order valence-corrected chi connectivity index (χ0v) is 12.5. The van der Waals surface area contributed by atoms with Crippen LogP contribution in [0.25, 0.3) is 5.69 Å². The van der Waals surface area contributed by atoms with Gasteiger partial charge < -0.3 is 10.4 Å². The third-order valence-electron chi connectivity index (χ3n) is 3.13. The Balaban J connectivity index is 1.98. The molecular formula is C15H18ClN3O2. The number of nitrogens with zero attached hydrogens (tertiary/aromatic N) is 2. The molecule has 1 aromatic carbocycles. The standard InChI is InChI=1S/C15H18ClN3O2/c1-2-13(20)6-8-17-15(21)14-7-9-19(18-14)12-5-3-4-11(16)10-12/h3-5,7,9-10,13,20H,2,6,8H2,1H3,(H,17,21). The summed E-state index contributed by atoms with van der Waals surface area (Å²) in [5.74, 6) is -0.251. The molecule has 0 fully saturated rings. The maximum atomic E-state index is 11.9. The van der Waals surface area contributed by atoms with Crippen molar-refractivity contribution in [3.63, 3.8) is 0 Å². The van der Waals surface area contributed by atoms with Gasteiger partial charge in [0.1, 0.15) is 0 Å². The highest BCUT2D eigenvalue weighted by atomic mass is 35.5. The summed E-state index contributed by atoms with van der Waals surface area (Å²) in [6, 6.07) is 8.88. The number of carbonyl (C=O) groups excluding carboxylic acids is 1. The molecule has 1 aromatic heterocycles. The van der Waals surface area contributed by atoms with Gasteiger partial charge in [-0.25, -0.2) is 4.68 Å². The first-order chi connectivity index (χ1) is 10.1. The second-order valence-corrected chi connectivity index (χ2v) is 5.17. The van der Waals surface area contributed by atoms with Crippen LogP contribution in [0.3, 0.4) is 0 Å². The van der Waals surface area contributed by atoms with Gasteiger partial charge in [-0.3, -0.25) is 4.79 Å². The van der Waals surface area contributed by atoms with Crippen LogP contribution in [0.15, 0.2) is 36.5 Å². The fourth-order valence-corrected chi connectivity index (χ4v) is 2.04. The number of carbonyl (C=O) groups is 1. The third-order valence-corrected chi connectivity index (χ3v) is 3.36. The molecule has 0 spiro atoms. The van der Waals surface area contributed by atoms with Gasteiger partial charge in [-0.2, -0.15) is 5.10 Å². The molecule has 0 aliphatic heterocycles. The van der Waals surface area contributed by atoms with Crippen LogP contribution in [0, 0.1) is 0 Å². The van der Waals surface area contributed by atoms with Crippen molar-refractivity contribution in [2.24, 2.45) is 0 Å². The van der Waals surface area contributed by atoms with Crippen LogP contribution in [-0.4, -0.2) is 33.4 Å². The maximum Gasteiger partial charge on any atom is 0.271 e. The zero-order chi connectivity index (χ0) is 15.2. The Morgan fingerprint density at radius 1 is 1.48 bits per heavy atom. The average Bonchev–Trinajstić information content (AvgIpc) is 2.97. The molecule has 5 nitrogen and oxygen atoms in total. The van der Waals surface area contributed by atoms with Crippen molar-refractivity contribution >= 4 is 17.5 Å². The minimum Gasteiger partial charge on any atom is -0.393 e. The van der Waals surface area contributed by atoms with Crippen molar-refractivity contribution in [2.75, 3.05) is 6.54 Å². The van der Waals surface area contributed by atoms with Gasteiger partial charge in [0.25, 0.3) is 5.91 Å². The normalized spacial score (nSPS) is 12.1. The topological polar surface area (TPSA) is 67.2 Å². The highest BCUT2D eigenvalue weighted by molar-refractivity contribution is 6.30. The van der Waals surface area contributed by atoms with Crippen LogP contribution in [0.1, 0.15) is 30.3 Å². The van der Waals surface area contributed by atoms with E-state index in [-0.39, 0.29) is 12.0 Å². The lowest BCUT2D eigenvalue weighted by Gasteiger charge is -2.07. The van der Waals surface area contributed by atoms with Gasteiger partial charge in [-0.1, -0.05) is 24.6 Å². The van der Waals surface area contributed by atoms with Gasteiger partial charge >= 0.3 is 0 Å². The molecule has 0 saturated carbocycles. The van der Waals surface area contributed by atoms with Crippen LogP contribution in [-0.2, 0) is 0 Å². The second-order valence-electron chi connectivity index (χ2n) is 4.73. The largest absolute Gasteiger partial charge is 0.393 e. The molecule has 112 valence electrons. The van der Waals surface area contributed by atoms with Crippen molar-refractivity contribution in [1.82, 2.24) is 15.1 Å². The van der Waals surface area contributed by atoms with E-state index in [1.807, 2.05) is 19.1 Å². The zero-order valence-electron chi connectivity index (χ0n) is 11.8. The molecule has 0 radical (unpaired) electrons. The van der Waals surface area contributed by atoms with E-state index < -0.39 is 0 Å². The van der Waals surface area contributed by atoms with Crippen LogP contribution in [0.2, 0.25) is 5.02 Å². The maximum absolute atomic E-state index is 11.9. The predicted molar refractivity (Wildman–Crippen MR) is 81.8 cm³/mol. The van der Waals surface area contributed by atoms with Crippen molar-refractivity contribution in [3.8, 4) is 5.69 Å². The Labute approximate surface area is 128 Å². The first-order valence-corrected chi connectivity index (χ1v) is 7.26. The Morgan fingerprint density at radius 3 is 3.00 bits per heavy atom. The summed E-state index contributed by atoms with van der Waals surface area (Å²) < 4.78 is 1.60. The molecule has 2 aromatic rings. The number of rotatable bonds is 6. The lowest BCUT2D eigenvalue weighted by molar-refractivity contribution is 0.0936. The molecule has 2 rings (SSSR count). The fourth-order valence-electron chi connectivity index (χ4n) is 1.85. The first-order valence-electron chi connectivity index (χ1n) is 6.88. The SMILES string of the molecule is CCC(O)CCNC(=O)c1ccn(-c2cccc(Cl)c2)n1. The summed E-state index contributed by atoms with van der Waals surface area (Å²) in [6.45, 7) is 2.33. The number of amides is 1. The van der Waals surface area contributed by atoms with E-state index in [1.54, 1.807) is 29.1 Å². The van der Waals surface area contributed by atoms with E-state index in [0.717, 1.165) is 5.69 Å². The van der Waals surface area contributed by atoms with E-state index in [2.05, 4.69) is 10.4 Å². The van der Waals surface area contributed by atoms with Gasteiger partial charge in [0.2, 0.25) is 0 Å². The summed E-state index contributed by atoms with van der Waals surface area (Å²) in [4.78, 5) is 11.9.